The lowest BCUT2D eigenvalue weighted by Crippen LogP contribution is -2.10. The number of nitrogens with zero attached hydrogens (tertiary/aromatic N) is 2. The molecular weight excluding hydrogens is 396 g/mol. The van der Waals surface area contributed by atoms with E-state index in [9.17, 15) is 10.1 Å². The molecule has 7 heteroatoms. The molecule has 1 aromatic heterocycles. The van der Waals surface area contributed by atoms with Crippen LogP contribution in [0.3, 0.4) is 0 Å². The molecule has 0 fully saturated rings. The fraction of sp³-hybridized carbons (Fsp3) is 0.250. The predicted molar refractivity (Wildman–Crippen MR) is 116 cm³/mol. The molecule has 1 heterocycles. The number of esters is 1. The Kier molecular flexibility index (Phi) is 7.31. The van der Waals surface area contributed by atoms with E-state index in [0.717, 1.165) is 22.6 Å². The van der Waals surface area contributed by atoms with Gasteiger partial charge in [-0.3, -0.25) is 0 Å². The second-order valence-electron chi connectivity index (χ2n) is 6.52. The van der Waals surface area contributed by atoms with Crippen molar-refractivity contribution in [2.45, 2.75) is 13.8 Å². The molecule has 0 N–H and O–H groups in total. The van der Waals surface area contributed by atoms with E-state index in [4.69, 9.17) is 18.9 Å². The number of hydrogen-bond acceptors (Lipinski definition) is 6. The molecule has 31 heavy (non-hydrogen) atoms. The quantitative estimate of drug-likeness (QED) is 0.372. The van der Waals surface area contributed by atoms with Crippen molar-refractivity contribution in [2.75, 3.05) is 27.1 Å². The third-order valence-corrected chi connectivity index (χ3v) is 4.49. The van der Waals surface area contributed by atoms with E-state index in [2.05, 4.69) is 6.07 Å². The minimum Gasteiger partial charge on any atom is -0.494 e. The van der Waals surface area contributed by atoms with Crippen molar-refractivity contribution in [3.8, 4) is 34.4 Å². The maximum atomic E-state index is 12.2. The van der Waals surface area contributed by atoms with Crippen LogP contribution in [-0.2, 0) is 9.47 Å². The van der Waals surface area contributed by atoms with Crippen molar-refractivity contribution in [1.29, 1.82) is 5.26 Å². The molecule has 0 spiro atoms. The van der Waals surface area contributed by atoms with E-state index in [-0.39, 0.29) is 13.4 Å². The number of methoxy groups -OCH3 is 1. The highest BCUT2D eigenvalue weighted by molar-refractivity contribution is 5.93. The van der Waals surface area contributed by atoms with E-state index >= 15 is 0 Å². The van der Waals surface area contributed by atoms with Crippen LogP contribution in [0, 0.1) is 11.3 Å². The molecule has 0 radical (unpaired) electrons. The molecule has 0 bridgehead atoms. The zero-order chi connectivity index (χ0) is 22.2. The fourth-order valence-electron chi connectivity index (χ4n) is 3.13. The van der Waals surface area contributed by atoms with Gasteiger partial charge in [-0.05, 0) is 43.7 Å². The molecule has 0 saturated heterocycles. The number of nitriles is 1. The van der Waals surface area contributed by atoms with Crippen LogP contribution in [0.1, 0.15) is 29.8 Å². The zero-order valence-electron chi connectivity index (χ0n) is 17.8. The Labute approximate surface area is 181 Å². The maximum absolute atomic E-state index is 12.2. The Morgan fingerprint density at radius 2 is 1.90 bits per heavy atom. The van der Waals surface area contributed by atoms with Crippen LogP contribution in [0.15, 0.2) is 54.9 Å². The van der Waals surface area contributed by atoms with E-state index in [0.29, 0.717) is 23.5 Å². The highest BCUT2D eigenvalue weighted by Crippen LogP contribution is 2.30. The lowest BCUT2D eigenvalue weighted by Gasteiger charge is -2.12. The number of carbonyl (C=O) groups excluding carboxylic acids is 1. The minimum absolute atomic E-state index is 0.0134. The summed E-state index contributed by atoms with van der Waals surface area (Å²) in [6.45, 7) is 4.48. The lowest BCUT2D eigenvalue weighted by molar-refractivity contribution is 0.0438. The molecule has 0 unspecified atom stereocenters. The number of benzene rings is 2. The monoisotopic (exact) mass is 420 g/mol. The van der Waals surface area contributed by atoms with Gasteiger partial charge in [0.25, 0.3) is 0 Å². The molecule has 0 aliphatic carbocycles. The largest absolute Gasteiger partial charge is 0.494 e. The summed E-state index contributed by atoms with van der Waals surface area (Å²) in [7, 11) is 1.50. The molecule has 0 amide bonds. The highest BCUT2D eigenvalue weighted by Gasteiger charge is 2.17. The normalized spacial score (nSPS) is 10.4. The second-order valence-corrected chi connectivity index (χ2v) is 6.52. The number of rotatable bonds is 9. The molecule has 3 rings (SSSR count). The summed E-state index contributed by atoms with van der Waals surface area (Å²) in [6.07, 6.45) is 3.60. The molecule has 3 aromatic rings. The molecule has 0 atom stereocenters. The topological polar surface area (TPSA) is 82.7 Å². The van der Waals surface area contributed by atoms with Gasteiger partial charge in [0.1, 0.15) is 23.1 Å². The van der Waals surface area contributed by atoms with Crippen LogP contribution in [0.25, 0.3) is 16.8 Å². The van der Waals surface area contributed by atoms with Crippen LogP contribution in [0.5, 0.6) is 11.5 Å². The summed E-state index contributed by atoms with van der Waals surface area (Å²) in [6, 6.07) is 15.0. The van der Waals surface area contributed by atoms with Crippen molar-refractivity contribution in [3.63, 3.8) is 0 Å². The minimum atomic E-state index is -0.473. The van der Waals surface area contributed by atoms with Gasteiger partial charge in [0.15, 0.2) is 6.79 Å². The third kappa shape index (κ3) is 5.05. The van der Waals surface area contributed by atoms with Crippen molar-refractivity contribution < 1.29 is 23.7 Å². The van der Waals surface area contributed by atoms with Crippen LogP contribution >= 0.6 is 0 Å². The van der Waals surface area contributed by atoms with Gasteiger partial charge >= 0.3 is 5.97 Å². The first-order chi connectivity index (χ1) is 15.1. The molecule has 0 aliphatic rings. The Bertz CT molecular complexity index is 1100. The van der Waals surface area contributed by atoms with Crippen molar-refractivity contribution in [1.82, 2.24) is 4.57 Å². The molecule has 160 valence electrons. The van der Waals surface area contributed by atoms with Crippen molar-refractivity contribution in [3.05, 3.63) is 66.0 Å². The average Bonchev–Trinajstić information content (AvgIpc) is 3.23. The summed E-state index contributed by atoms with van der Waals surface area (Å²) in [4.78, 5) is 12.2. The highest BCUT2D eigenvalue weighted by atomic mass is 16.7. The van der Waals surface area contributed by atoms with Gasteiger partial charge < -0.3 is 23.5 Å². The zero-order valence-corrected chi connectivity index (χ0v) is 17.8. The van der Waals surface area contributed by atoms with E-state index < -0.39 is 5.97 Å². The maximum Gasteiger partial charge on any atom is 0.341 e. The summed E-state index contributed by atoms with van der Waals surface area (Å²) >= 11 is 0. The van der Waals surface area contributed by atoms with E-state index in [1.165, 1.54) is 7.11 Å². The summed E-state index contributed by atoms with van der Waals surface area (Å²) in [5.41, 5.74) is 3.20. The van der Waals surface area contributed by atoms with Gasteiger partial charge in [-0.2, -0.15) is 5.26 Å². The number of carbonyl (C=O) groups is 1. The SMILES string of the molecule is CCOC(=O)c1ccc(-n2cc(C#N)c(-c3cccc(OCC)c3)c2)cc1OCOC. The summed E-state index contributed by atoms with van der Waals surface area (Å²) < 4.78 is 23.1. The Hall–Kier alpha value is -3.76. The summed E-state index contributed by atoms with van der Waals surface area (Å²) in [5.74, 6) is 0.606. The van der Waals surface area contributed by atoms with Gasteiger partial charge in [-0.1, -0.05) is 12.1 Å². The van der Waals surface area contributed by atoms with Gasteiger partial charge in [0.05, 0.1) is 18.8 Å². The molecule has 0 saturated carbocycles. The third-order valence-electron chi connectivity index (χ3n) is 4.49. The fourth-order valence-corrected chi connectivity index (χ4v) is 3.13. The lowest BCUT2D eigenvalue weighted by atomic mass is 10.1. The van der Waals surface area contributed by atoms with E-state index in [1.54, 1.807) is 31.3 Å². The Morgan fingerprint density at radius 1 is 1.06 bits per heavy atom. The van der Waals surface area contributed by atoms with Gasteiger partial charge in [0, 0.05) is 36.8 Å². The standard InChI is InChI=1S/C24H24N2O5/c1-4-29-20-8-6-7-17(11-20)22-15-26(14-18(22)13-25)19-9-10-21(24(27)30-5-2)23(12-19)31-16-28-3/h6-12,14-15H,4-5,16H2,1-3H3. The van der Waals surface area contributed by atoms with Crippen LogP contribution in [-0.4, -0.2) is 37.7 Å². The van der Waals surface area contributed by atoms with Crippen LogP contribution in [0.2, 0.25) is 0 Å². The molecule has 2 aromatic carbocycles. The number of aromatic nitrogens is 1. The van der Waals surface area contributed by atoms with Crippen molar-refractivity contribution in [2.24, 2.45) is 0 Å². The van der Waals surface area contributed by atoms with Gasteiger partial charge in [-0.15, -0.1) is 0 Å². The predicted octanol–water partition coefficient (Wildman–Crippen LogP) is 4.57. The summed E-state index contributed by atoms with van der Waals surface area (Å²) in [5, 5.41) is 9.66. The van der Waals surface area contributed by atoms with Crippen LogP contribution < -0.4 is 9.47 Å². The van der Waals surface area contributed by atoms with Gasteiger partial charge in [0.2, 0.25) is 0 Å². The van der Waals surface area contributed by atoms with E-state index in [1.807, 2.05) is 42.0 Å². The first-order valence-corrected chi connectivity index (χ1v) is 9.89. The van der Waals surface area contributed by atoms with Crippen LogP contribution in [0.4, 0.5) is 0 Å². The smallest absolute Gasteiger partial charge is 0.341 e. The Balaban J connectivity index is 2.02. The number of ether oxygens (including phenoxy) is 4. The average molecular weight is 420 g/mol. The van der Waals surface area contributed by atoms with Gasteiger partial charge in [-0.25, -0.2) is 4.79 Å². The first-order valence-electron chi connectivity index (χ1n) is 9.89. The Morgan fingerprint density at radius 3 is 2.61 bits per heavy atom. The molecule has 0 aliphatic heterocycles. The number of hydrogen-bond donors (Lipinski definition) is 0. The first kappa shape index (κ1) is 21.9. The second kappa shape index (κ2) is 10.3. The molecular formula is C24H24N2O5. The van der Waals surface area contributed by atoms with Crippen molar-refractivity contribution >= 4 is 5.97 Å². The molecule has 7 nitrogen and oxygen atoms in total.